The minimum absolute atomic E-state index is 0.0596. The first-order chi connectivity index (χ1) is 22.2. The van der Waals surface area contributed by atoms with Gasteiger partial charge in [-0.05, 0) is 65.5 Å². The average Bonchev–Trinajstić information content (AvgIpc) is 3.73. The maximum atomic E-state index is 13.9. The number of carbonyl (C=O) groups is 4. The first-order valence-electron chi connectivity index (χ1n) is 15.8. The van der Waals surface area contributed by atoms with E-state index in [-0.39, 0.29) is 24.9 Å². The Hall–Kier alpha value is -4.71. The highest BCUT2D eigenvalue weighted by molar-refractivity contribution is 5.98. The average molecular weight is 647 g/mol. The highest BCUT2D eigenvalue weighted by atomic mass is 16.6. The van der Waals surface area contributed by atoms with E-state index in [1.165, 1.54) is 20.2 Å². The van der Waals surface area contributed by atoms with Crippen molar-refractivity contribution in [3.63, 3.8) is 0 Å². The molecule has 1 saturated heterocycles. The van der Waals surface area contributed by atoms with Gasteiger partial charge >= 0.3 is 6.09 Å². The highest BCUT2D eigenvalue weighted by Crippen LogP contribution is 2.31. The number of likely N-dealkylation sites (tertiary alicyclic amines) is 1. The number of carbonyl (C=O) groups excluding carboxylic acids is 4. The number of imidazole rings is 1. The number of benzene rings is 2. The molecule has 2 aromatic carbocycles. The number of aromatic nitrogens is 2. The van der Waals surface area contributed by atoms with Crippen LogP contribution >= 0.6 is 0 Å². The van der Waals surface area contributed by atoms with Gasteiger partial charge in [0.1, 0.15) is 22.7 Å². The van der Waals surface area contributed by atoms with Gasteiger partial charge in [-0.2, -0.15) is 0 Å². The summed E-state index contributed by atoms with van der Waals surface area (Å²) in [5.41, 5.74) is -1.61. The van der Waals surface area contributed by atoms with Gasteiger partial charge in [-0.25, -0.2) is 9.78 Å². The Morgan fingerprint density at radius 2 is 1.51 bits per heavy atom. The summed E-state index contributed by atoms with van der Waals surface area (Å²) in [6.07, 6.45) is 4.26. The van der Waals surface area contributed by atoms with Gasteiger partial charge in [-0.3, -0.25) is 14.4 Å². The van der Waals surface area contributed by atoms with Crippen LogP contribution in [0.2, 0.25) is 0 Å². The van der Waals surface area contributed by atoms with Gasteiger partial charge < -0.3 is 34.9 Å². The fraction of sp³-hybridized carbons (Fsp3) is 0.457. The molecule has 4 amide bonds. The SMILES string of the molecule is CC(C)(C)OC(=O)NC(C)(C)C(=O)N[C@@H](COCc1ccccc1)C(=O)Nc1cn(C(C)(C(=O)N2CCCC2)c2ccccc2)cn1. The Morgan fingerprint density at radius 3 is 2.13 bits per heavy atom. The van der Waals surface area contributed by atoms with E-state index in [9.17, 15) is 19.2 Å². The van der Waals surface area contributed by atoms with Crippen molar-refractivity contribution in [1.82, 2.24) is 25.1 Å². The van der Waals surface area contributed by atoms with Gasteiger partial charge in [0.25, 0.3) is 11.8 Å². The number of nitrogens with one attached hydrogen (secondary N) is 3. The molecule has 1 aliphatic rings. The fourth-order valence-corrected chi connectivity index (χ4v) is 5.23. The van der Waals surface area contributed by atoms with Crippen molar-refractivity contribution in [1.29, 1.82) is 0 Å². The second kappa shape index (κ2) is 14.8. The smallest absolute Gasteiger partial charge is 0.408 e. The monoisotopic (exact) mass is 646 g/mol. The maximum absolute atomic E-state index is 13.9. The Bertz CT molecular complexity index is 1530. The molecule has 0 bridgehead atoms. The third-order valence-corrected chi connectivity index (χ3v) is 7.89. The van der Waals surface area contributed by atoms with Crippen LogP contribution in [0.5, 0.6) is 0 Å². The predicted octanol–water partition coefficient (Wildman–Crippen LogP) is 4.21. The number of anilines is 1. The zero-order valence-electron chi connectivity index (χ0n) is 28.0. The van der Waals surface area contributed by atoms with Crippen molar-refractivity contribution in [2.24, 2.45) is 0 Å². The molecular formula is C35H46N6O6. The Labute approximate surface area is 276 Å². The summed E-state index contributed by atoms with van der Waals surface area (Å²) >= 11 is 0. The molecule has 1 unspecified atom stereocenters. The van der Waals surface area contributed by atoms with E-state index in [2.05, 4.69) is 20.9 Å². The molecule has 3 N–H and O–H groups in total. The molecule has 12 heteroatoms. The highest BCUT2D eigenvalue weighted by Gasteiger charge is 2.41. The number of ether oxygens (including phenoxy) is 2. The maximum Gasteiger partial charge on any atom is 0.408 e. The molecule has 3 aromatic rings. The second-order valence-corrected chi connectivity index (χ2v) is 13.4. The third-order valence-electron chi connectivity index (χ3n) is 7.89. The largest absolute Gasteiger partial charge is 0.444 e. The summed E-state index contributed by atoms with van der Waals surface area (Å²) in [7, 11) is 0. The van der Waals surface area contributed by atoms with Gasteiger partial charge in [0, 0.05) is 19.3 Å². The molecule has 252 valence electrons. The van der Waals surface area contributed by atoms with Crippen LogP contribution in [0.3, 0.4) is 0 Å². The van der Waals surface area contributed by atoms with E-state index >= 15 is 0 Å². The molecule has 2 atom stereocenters. The number of hydrogen-bond donors (Lipinski definition) is 3. The van der Waals surface area contributed by atoms with Crippen molar-refractivity contribution in [3.8, 4) is 0 Å². The lowest BCUT2D eigenvalue weighted by Gasteiger charge is -2.34. The normalized spacial score (nSPS) is 15.3. The van der Waals surface area contributed by atoms with E-state index in [1.807, 2.05) is 72.5 Å². The van der Waals surface area contributed by atoms with Crippen LogP contribution in [0.25, 0.3) is 0 Å². The van der Waals surface area contributed by atoms with Crippen LogP contribution in [-0.4, -0.2) is 75.1 Å². The summed E-state index contributed by atoms with van der Waals surface area (Å²) in [4.78, 5) is 59.6. The minimum Gasteiger partial charge on any atom is -0.444 e. The quantitative estimate of drug-likeness (QED) is 0.267. The lowest BCUT2D eigenvalue weighted by atomic mass is 9.90. The molecule has 0 aliphatic carbocycles. The fourth-order valence-electron chi connectivity index (χ4n) is 5.23. The van der Waals surface area contributed by atoms with Crippen LogP contribution in [0.4, 0.5) is 10.6 Å². The molecule has 0 saturated carbocycles. The molecule has 12 nitrogen and oxygen atoms in total. The summed E-state index contributed by atoms with van der Waals surface area (Å²) < 4.78 is 12.9. The van der Waals surface area contributed by atoms with Crippen LogP contribution in [0.1, 0.15) is 65.5 Å². The van der Waals surface area contributed by atoms with E-state index in [0.717, 1.165) is 24.0 Å². The lowest BCUT2D eigenvalue weighted by Crippen LogP contribution is -2.59. The summed E-state index contributed by atoms with van der Waals surface area (Å²) in [6, 6.07) is 17.7. The predicted molar refractivity (Wildman–Crippen MR) is 177 cm³/mol. The molecule has 2 heterocycles. The Balaban J connectivity index is 1.53. The Morgan fingerprint density at radius 1 is 0.894 bits per heavy atom. The summed E-state index contributed by atoms with van der Waals surface area (Å²) in [6.45, 7) is 11.4. The zero-order valence-corrected chi connectivity index (χ0v) is 28.0. The van der Waals surface area contributed by atoms with Gasteiger partial charge in [-0.1, -0.05) is 60.7 Å². The van der Waals surface area contributed by atoms with Crippen LogP contribution in [-0.2, 0) is 36.0 Å². The van der Waals surface area contributed by atoms with E-state index < -0.39 is 40.6 Å². The third kappa shape index (κ3) is 9.19. The second-order valence-electron chi connectivity index (χ2n) is 13.4. The van der Waals surface area contributed by atoms with E-state index in [1.54, 1.807) is 31.5 Å². The molecule has 0 spiro atoms. The molecule has 1 aliphatic heterocycles. The first kappa shape index (κ1) is 35.1. The first-order valence-corrected chi connectivity index (χ1v) is 15.8. The van der Waals surface area contributed by atoms with Gasteiger partial charge in [0.15, 0.2) is 5.82 Å². The number of hydrogen-bond acceptors (Lipinski definition) is 7. The van der Waals surface area contributed by atoms with Gasteiger partial charge in [-0.15, -0.1) is 0 Å². The molecule has 47 heavy (non-hydrogen) atoms. The summed E-state index contributed by atoms with van der Waals surface area (Å²) in [5.74, 6) is -1.07. The number of nitrogens with zero attached hydrogens (tertiary/aromatic N) is 3. The van der Waals surface area contributed by atoms with Crippen molar-refractivity contribution < 1.29 is 28.7 Å². The zero-order chi connectivity index (χ0) is 34.2. The topological polar surface area (TPSA) is 144 Å². The molecule has 0 radical (unpaired) electrons. The lowest BCUT2D eigenvalue weighted by molar-refractivity contribution is -0.137. The molecule has 1 fully saturated rings. The van der Waals surface area contributed by atoms with Crippen molar-refractivity contribution in [3.05, 3.63) is 84.3 Å². The van der Waals surface area contributed by atoms with Crippen LogP contribution < -0.4 is 16.0 Å². The molecular weight excluding hydrogens is 600 g/mol. The number of amides is 4. The van der Waals surface area contributed by atoms with E-state index in [4.69, 9.17) is 9.47 Å². The number of alkyl carbamates (subject to hydrolysis) is 1. The van der Waals surface area contributed by atoms with E-state index in [0.29, 0.717) is 13.1 Å². The van der Waals surface area contributed by atoms with Gasteiger partial charge in [0.2, 0.25) is 5.91 Å². The number of rotatable bonds is 12. The van der Waals surface area contributed by atoms with Gasteiger partial charge in [0.05, 0.1) is 19.5 Å². The minimum atomic E-state index is -1.42. The van der Waals surface area contributed by atoms with Crippen LogP contribution in [0, 0.1) is 0 Å². The standard InChI is InChI=1S/C35H46N6O6/c1-33(2,3)47-32(45)39-34(4,5)30(43)37-27(23-46-22-25-15-9-7-10-16-25)29(42)38-28-21-41(24-36-28)35(6,26-17-11-8-12-18-26)31(44)40-19-13-14-20-40/h7-12,15-18,21,24,27H,13-14,19-20,22-23H2,1-6H3,(H,37,43)(H,38,42)(H,39,45)/t27-,35?/m0/s1. The van der Waals surface area contributed by atoms with Crippen LogP contribution in [0.15, 0.2) is 73.2 Å². The van der Waals surface area contributed by atoms with Crippen molar-refractivity contribution in [2.45, 2.75) is 83.7 Å². The Kier molecular flexibility index (Phi) is 11.1. The van der Waals surface area contributed by atoms with Crippen molar-refractivity contribution >= 4 is 29.6 Å². The molecule has 4 rings (SSSR count). The molecule has 1 aromatic heterocycles. The van der Waals surface area contributed by atoms with Crippen molar-refractivity contribution in [2.75, 3.05) is 25.0 Å². The summed E-state index contributed by atoms with van der Waals surface area (Å²) in [5, 5.41) is 8.04.